The lowest BCUT2D eigenvalue weighted by Crippen LogP contribution is -2.55. The maximum absolute atomic E-state index is 5.97. The molecular formula is C12H19ClN6. The zero-order valence-electron chi connectivity index (χ0n) is 11.3. The average molecular weight is 283 g/mol. The molecule has 0 radical (unpaired) electrons. The van der Waals surface area contributed by atoms with Crippen LogP contribution in [-0.4, -0.2) is 58.6 Å². The summed E-state index contributed by atoms with van der Waals surface area (Å²) in [4.78, 5) is 17.6. The summed E-state index contributed by atoms with van der Waals surface area (Å²) in [6.07, 6.45) is 2.56. The minimum absolute atomic E-state index is 0.246. The Kier molecular flexibility index (Phi) is 3.45. The number of nitrogens with zero attached hydrogens (tertiary/aromatic N) is 5. The van der Waals surface area contributed by atoms with Gasteiger partial charge in [-0.3, -0.25) is 4.90 Å². The Labute approximate surface area is 118 Å². The largest absolute Gasteiger partial charge is 0.357 e. The van der Waals surface area contributed by atoms with Crippen molar-refractivity contribution in [3.05, 3.63) is 5.28 Å². The van der Waals surface area contributed by atoms with Crippen LogP contribution in [-0.2, 0) is 0 Å². The SMILES string of the molecule is CNc1nc(Cl)nc(N2CC3CCCN3CC2C)n1. The fraction of sp³-hybridized carbons (Fsp3) is 0.750. The number of piperazine rings is 1. The van der Waals surface area contributed by atoms with Crippen LogP contribution >= 0.6 is 11.6 Å². The van der Waals surface area contributed by atoms with Crippen molar-refractivity contribution in [1.29, 1.82) is 0 Å². The Morgan fingerprint density at radius 1 is 1.26 bits per heavy atom. The predicted octanol–water partition coefficient (Wildman–Crippen LogP) is 1.24. The molecule has 104 valence electrons. The Morgan fingerprint density at radius 2 is 2.11 bits per heavy atom. The highest BCUT2D eigenvalue weighted by Gasteiger charge is 2.35. The van der Waals surface area contributed by atoms with Gasteiger partial charge in [-0.2, -0.15) is 15.0 Å². The smallest absolute Gasteiger partial charge is 0.231 e. The van der Waals surface area contributed by atoms with Gasteiger partial charge in [-0.15, -0.1) is 0 Å². The van der Waals surface area contributed by atoms with Gasteiger partial charge in [0.15, 0.2) is 0 Å². The van der Waals surface area contributed by atoms with E-state index in [4.69, 9.17) is 11.6 Å². The standard InChI is InChI=1S/C12H19ClN6/c1-8-6-18-5-3-4-9(18)7-19(8)12-16-10(13)15-11(14-2)17-12/h8-9H,3-7H2,1-2H3,(H,14,15,16,17). The topological polar surface area (TPSA) is 57.2 Å². The molecule has 19 heavy (non-hydrogen) atoms. The maximum Gasteiger partial charge on any atom is 0.231 e. The normalized spacial score (nSPS) is 27.4. The van der Waals surface area contributed by atoms with Gasteiger partial charge in [0.25, 0.3) is 0 Å². The summed E-state index contributed by atoms with van der Waals surface area (Å²) in [5.41, 5.74) is 0. The molecule has 0 amide bonds. The van der Waals surface area contributed by atoms with Gasteiger partial charge >= 0.3 is 0 Å². The fourth-order valence-corrected chi connectivity index (χ4v) is 3.20. The van der Waals surface area contributed by atoms with Crippen molar-refractivity contribution >= 4 is 23.5 Å². The summed E-state index contributed by atoms with van der Waals surface area (Å²) < 4.78 is 0. The van der Waals surface area contributed by atoms with Crippen molar-refractivity contribution in [1.82, 2.24) is 19.9 Å². The van der Waals surface area contributed by atoms with E-state index in [1.165, 1.54) is 19.4 Å². The summed E-state index contributed by atoms with van der Waals surface area (Å²) >= 11 is 5.97. The van der Waals surface area contributed by atoms with Crippen LogP contribution in [0.2, 0.25) is 5.28 Å². The summed E-state index contributed by atoms with van der Waals surface area (Å²) in [6, 6.07) is 1.03. The van der Waals surface area contributed by atoms with Crippen molar-refractivity contribution in [2.45, 2.75) is 31.8 Å². The second-order valence-corrected chi connectivity index (χ2v) is 5.61. The molecule has 2 unspecified atom stereocenters. The molecule has 1 aromatic rings. The molecule has 2 aliphatic rings. The van der Waals surface area contributed by atoms with E-state index in [0.29, 0.717) is 24.0 Å². The molecule has 6 nitrogen and oxygen atoms in total. The van der Waals surface area contributed by atoms with Gasteiger partial charge in [-0.1, -0.05) is 0 Å². The van der Waals surface area contributed by atoms with Crippen LogP contribution in [0.3, 0.4) is 0 Å². The minimum atomic E-state index is 0.246. The first-order valence-electron chi connectivity index (χ1n) is 6.77. The van der Waals surface area contributed by atoms with Crippen molar-refractivity contribution in [3.63, 3.8) is 0 Å². The number of nitrogens with one attached hydrogen (secondary N) is 1. The number of halogens is 1. The highest BCUT2D eigenvalue weighted by molar-refractivity contribution is 6.28. The van der Waals surface area contributed by atoms with Gasteiger partial charge in [0.1, 0.15) is 0 Å². The van der Waals surface area contributed by atoms with Crippen LogP contribution in [0.1, 0.15) is 19.8 Å². The van der Waals surface area contributed by atoms with E-state index in [0.717, 1.165) is 13.1 Å². The van der Waals surface area contributed by atoms with E-state index < -0.39 is 0 Å². The van der Waals surface area contributed by atoms with E-state index in [1.807, 2.05) is 0 Å². The second-order valence-electron chi connectivity index (χ2n) is 5.27. The van der Waals surface area contributed by atoms with E-state index >= 15 is 0 Å². The number of aromatic nitrogens is 3. The van der Waals surface area contributed by atoms with Crippen LogP contribution in [0.25, 0.3) is 0 Å². The Hall–Kier alpha value is -1.14. The lowest BCUT2D eigenvalue weighted by Gasteiger charge is -2.42. The molecule has 3 heterocycles. The van der Waals surface area contributed by atoms with Gasteiger partial charge in [0.05, 0.1) is 0 Å². The minimum Gasteiger partial charge on any atom is -0.357 e. The number of anilines is 2. The Balaban J connectivity index is 1.86. The molecule has 2 atom stereocenters. The number of fused-ring (bicyclic) bond motifs is 1. The zero-order chi connectivity index (χ0) is 13.4. The summed E-state index contributed by atoms with van der Waals surface area (Å²) in [5, 5.41) is 3.17. The summed E-state index contributed by atoms with van der Waals surface area (Å²) in [7, 11) is 1.79. The molecule has 0 aliphatic carbocycles. The van der Waals surface area contributed by atoms with Crippen LogP contribution in [0.4, 0.5) is 11.9 Å². The van der Waals surface area contributed by atoms with Crippen LogP contribution < -0.4 is 10.2 Å². The van der Waals surface area contributed by atoms with Gasteiger partial charge in [-0.05, 0) is 37.9 Å². The maximum atomic E-state index is 5.97. The third kappa shape index (κ3) is 2.47. The Morgan fingerprint density at radius 3 is 2.89 bits per heavy atom. The molecule has 0 spiro atoms. The third-order valence-electron chi connectivity index (χ3n) is 4.01. The molecule has 2 aliphatic heterocycles. The monoisotopic (exact) mass is 282 g/mol. The zero-order valence-corrected chi connectivity index (χ0v) is 12.1. The molecule has 3 rings (SSSR count). The van der Waals surface area contributed by atoms with Crippen molar-refractivity contribution in [2.24, 2.45) is 0 Å². The summed E-state index contributed by atoms with van der Waals surface area (Å²) in [6.45, 7) is 5.49. The third-order valence-corrected chi connectivity index (χ3v) is 4.18. The fourth-order valence-electron chi connectivity index (χ4n) is 3.05. The first-order valence-corrected chi connectivity index (χ1v) is 7.15. The number of hydrogen-bond acceptors (Lipinski definition) is 6. The van der Waals surface area contributed by atoms with Crippen LogP contribution in [0.15, 0.2) is 0 Å². The second kappa shape index (κ2) is 5.09. The summed E-state index contributed by atoms with van der Waals surface area (Å²) in [5.74, 6) is 1.21. The molecule has 1 N–H and O–H groups in total. The first kappa shape index (κ1) is 12.9. The molecule has 0 aromatic carbocycles. The van der Waals surface area contributed by atoms with Crippen molar-refractivity contribution in [2.75, 3.05) is 36.9 Å². The van der Waals surface area contributed by atoms with Crippen LogP contribution in [0.5, 0.6) is 0 Å². The molecule has 7 heteroatoms. The Bertz CT molecular complexity index is 468. The highest BCUT2D eigenvalue weighted by atomic mass is 35.5. The first-order chi connectivity index (χ1) is 9.17. The van der Waals surface area contributed by atoms with Gasteiger partial charge in [0, 0.05) is 32.2 Å². The van der Waals surface area contributed by atoms with E-state index in [9.17, 15) is 0 Å². The quantitative estimate of drug-likeness (QED) is 0.881. The number of rotatable bonds is 2. The van der Waals surface area contributed by atoms with E-state index in [-0.39, 0.29) is 5.28 Å². The van der Waals surface area contributed by atoms with E-state index in [1.54, 1.807) is 7.05 Å². The van der Waals surface area contributed by atoms with E-state index in [2.05, 4.69) is 37.0 Å². The molecular weight excluding hydrogens is 264 g/mol. The number of hydrogen-bond donors (Lipinski definition) is 1. The van der Waals surface area contributed by atoms with Crippen molar-refractivity contribution in [3.8, 4) is 0 Å². The molecule has 0 saturated carbocycles. The van der Waals surface area contributed by atoms with Crippen LogP contribution in [0, 0.1) is 0 Å². The molecule has 1 aromatic heterocycles. The highest BCUT2D eigenvalue weighted by Crippen LogP contribution is 2.27. The average Bonchev–Trinajstić information content (AvgIpc) is 2.84. The van der Waals surface area contributed by atoms with Gasteiger partial charge < -0.3 is 10.2 Å². The molecule has 2 fully saturated rings. The predicted molar refractivity (Wildman–Crippen MR) is 75.8 cm³/mol. The lowest BCUT2D eigenvalue weighted by molar-refractivity contribution is 0.201. The van der Waals surface area contributed by atoms with Crippen molar-refractivity contribution < 1.29 is 0 Å². The molecule has 0 bridgehead atoms. The van der Waals surface area contributed by atoms with Gasteiger partial charge in [0.2, 0.25) is 17.2 Å². The van der Waals surface area contributed by atoms with Gasteiger partial charge in [-0.25, -0.2) is 0 Å². The molecule has 2 saturated heterocycles. The lowest BCUT2D eigenvalue weighted by atomic mass is 10.1.